The number of rotatable bonds is 6. The quantitative estimate of drug-likeness (QED) is 0.755. The molecule has 1 aliphatic rings. The summed E-state index contributed by atoms with van der Waals surface area (Å²) >= 11 is 1.62. The molecule has 0 N–H and O–H groups in total. The van der Waals surface area contributed by atoms with Crippen molar-refractivity contribution in [1.29, 1.82) is 0 Å². The Hall–Kier alpha value is -2.34. The van der Waals surface area contributed by atoms with Crippen molar-refractivity contribution in [2.45, 2.75) is 19.4 Å². The van der Waals surface area contributed by atoms with E-state index in [2.05, 4.69) is 0 Å². The molecule has 0 bridgehead atoms. The van der Waals surface area contributed by atoms with Crippen LogP contribution in [-0.4, -0.2) is 36.9 Å². The van der Waals surface area contributed by atoms with E-state index in [9.17, 15) is 9.59 Å². The standard InChI is InChI=1S/C18H19NO4S/c1-19(12-14-3-2-10-24-14)18(21)7-5-15(20)13-4-6-16-17(11-13)23-9-8-22-16/h2-4,6,10-11H,5,7-9,12H2,1H3. The van der Waals surface area contributed by atoms with Crippen LogP contribution in [0, 0.1) is 0 Å². The maximum atomic E-state index is 12.3. The number of ketones is 1. The number of carbonyl (C=O) groups excluding carboxylic acids is 2. The molecule has 1 aliphatic heterocycles. The van der Waals surface area contributed by atoms with Crippen LogP contribution in [0.3, 0.4) is 0 Å². The predicted molar refractivity (Wildman–Crippen MR) is 91.8 cm³/mol. The highest BCUT2D eigenvalue weighted by atomic mass is 32.1. The third kappa shape index (κ3) is 3.94. The Morgan fingerprint density at radius 1 is 1.12 bits per heavy atom. The Morgan fingerprint density at radius 3 is 2.67 bits per heavy atom. The monoisotopic (exact) mass is 345 g/mol. The zero-order valence-corrected chi connectivity index (χ0v) is 14.3. The summed E-state index contributed by atoms with van der Waals surface area (Å²) < 4.78 is 10.9. The van der Waals surface area contributed by atoms with Crippen LogP contribution in [-0.2, 0) is 11.3 Å². The van der Waals surface area contributed by atoms with Gasteiger partial charge in [0.15, 0.2) is 17.3 Å². The summed E-state index contributed by atoms with van der Waals surface area (Å²) in [7, 11) is 1.76. The van der Waals surface area contributed by atoms with Crippen LogP contribution in [0.25, 0.3) is 0 Å². The third-order valence-electron chi connectivity index (χ3n) is 3.83. The first-order chi connectivity index (χ1) is 11.6. The molecule has 5 nitrogen and oxygen atoms in total. The molecule has 0 radical (unpaired) electrons. The Bertz CT molecular complexity index is 727. The molecular weight excluding hydrogens is 326 g/mol. The molecule has 0 unspecified atom stereocenters. The lowest BCUT2D eigenvalue weighted by atomic mass is 10.1. The van der Waals surface area contributed by atoms with Gasteiger partial charge >= 0.3 is 0 Å². The van der Waals surface area contributed by atoms with Gasteiger partial charge in [-0.05, 0) is 29.6 Å². The second kappa shape index (κ2) is 7.49. The SMILES string of the molecule is CN(Cc1cccs1)C(=O)CCC(=O)c1ccc2c(c1)OCCO2. The Balaban J connectivity index is 1.54. The second-order valence-electron chi connectivity index (χ2n) is 5.61. The van der Waals surface area contributed by atoms with Gasteiger partial charge < -0.3 is 14.4 Å². The van der Waals surface area contributed by atoms with Gasteiger partial charge in [-0.15, -0.1) is 11.3 Å². The van der Waals surface area contributed by atoms with E-state index in [1.165, 1.54) is 0 Å². The van der Waals surface area contributed by atoms with Crippen LogP contribution in [0.4, 0.5) is 0 Å². The van der Waals surface area contributed by atoms with Gasteiger partial charge in [-0.1, -0.05) is 6.07 Å². The molecule has 0 spiro atoms. The van der Waals surface area contributed by atoms with Crippen LogP contribution in [0.2, 0.25) is 0 Å². The number of nitrogens with zero attached hydrogens (tertiary/aromatic N) is 1. The Labute approximate surface area is 144 Å². The smallest absolute Gasteiger partial charge is 0.223 e. The minimum Gasteiger partial charge on any atom is -0.486 e. The average molecular weight is 345 g/mol. The fourth-order valence-electron chi connectivity index (χ4n) is 2.50. The molecule has 1 aromatic heterocycles. The predicted octanol–water partition coefficient (Wildman–Crippen LogP) is 3.14. The van der Waals surface area contributed by atoms with Crippen molar-refractivity contribution in [3.05, 3.63) is 46.2 Å². The molecule has 2 heterocycles. The normalized spacial score (nSPS) is 12.7. The summed E-state index contributed by atoms with van der Waals surface area (Å²) in [5, 5.41) is 1.99. The lowest BCUT2D eigenvalue weighted by Gasteiger charge is -2.19. The van der Waals surface area contributed by atoms with E-state index in [1.807, 2.05) is 17.5 Å². The molecule has 6 heteroatoms. The number of fused-ring (bicyclic) bond motifs is 1. The summed E-state index contributed by atoms with van der Waals surface area (Å²) in [5.41, 5.74) is 0.549. The van der Waals surface area contributed by atoms with Crippen LogP contribution in [0.5, 0.6) is 11.5 Å². The highest BCUT2D eigenvalue weighted by Crippen LogP contribution is 2.31. The zero-order valence-electron chi connectivity index (χ0n) is 13.5. The Kier molecular flexibility index (Phi) is 5.15. The summed E-state index contributed by atoms with van der Waals surface area (Å²) in [6.07, 6.45) is 0.391. The number of carbonyl (C=O) groups is 2. The van der Waals surface area contributed by atoms with Crippen molar-refractivity contribution in [2.75, 3.05) is 20.3 Å². The number of hydrogen-bond acceptors (Lipinski definition) is 5. The second-order valence-corrected chi connectivity index (χ2v) is 6.64. The summed E-state index contributed by atoms with van der Waals surface area (Å²) in [6.45, 7) is 1.58. The van der Waals surface area contributed by atoms with Crippen molar-refractivity contribution < 1.29 is 19.1 Å². The number of ether oxygens (including phenoxy) is 2. The molecule has 1 amide bonds. The van der Waals surface area contributed by atoms with Crippen molar-refractivity contribution in [2.24, 2.45) is 0 Å². The van der Waals surface area contributed by atoms with Gasteiger partial charge in [0.2, 0.25) is 5.91 Å². The summed E-state index contributed by atoms with van der Waals surface area (Å²) in [6, 6.07) is 9.11. The molecule has 0 aliphatic carbocycles. The Morgan fingerprint density at radius 2 is 1.92 bits per heavy atom. The molecular formula is C18H19NO4S. The van der Waals surface area contributed by atoms with E-state index in [-0.39, 0.29) is 24.5 Å². The van der Waals surface area contributed by atoms with Crippen LogP contribution in [0.15, 0.2) is 35.7 Å². The van der Waals surface area contributed by atoms with Crippen LogP contribution >= 0.6 is 11.3 Å². The number of amides is 1. The molecule has 0 saturated heterocycles. The minimum absolute atomic E-state index is 0.0331. The van der Waals surface area contributed by atoms with Crippen molar-refractivity contribution in [3.8, 4) is 11.5 Å². The van der Waals surface area contributed by atoms with E-state index in [0.29, 0.717) is 36.8 Å². The highest BCUT2D eigenvalue weighted by Gasteiger charge is 2.17. The average Bonchev–Trinajstić information content (AvgIpc) is 3.11. The highest BCUT2D eigenvalue weighted by molar-refractivity contribution is 7.09. The lowest BCUT2D eigenvalue weighted by Crippen LogP contribution is -2.26. The van der Waals surface area contributed by atoms with Gasteiger partial charge in [-0.3, -0.25) is 9.59 Å². The van der Waals surface area contributed by atoms with Gasteiger partial charge in [-0.2, -0.15) is 0 Å². The number of Topliss-reactive ketones (excluding diaryl/α,β-unsaturated/α-hetero) is 1. The van der Waals surface area contributed by atoms with Crippen LogP contribution < -0.4 is 9.47 Å². The molecule has 0 atom stereocenters. The molecule has 2 aromatic rings. The largest absolute Gasteiger partial charge is 0.486 e. The van der Waals surface area contributed by atoms with Gasteiger partial charge in [-0.25, -0.2) is 0 Å². The molecule has 1 aromatic carbocycles. The molecule has 0 fully saturated rings. The third-order valence-corrected chi connectivity index (χ3v) is 4.69. The first-order valence-corrected chi connectivity index (χ1v) is 8.70. The fraction of sp³-hybridized carbons (Fsp3) is 0.333. The maximum Gasteiger partial charge on any atom is 0.223 e. The maximum absolute atomic E-state index is 12.3. The van der Waals surface area contributed by atoms with Crippen LogP contribution in [0.1, 0.15) is 28.1 Å². The lowest BCUT2D eigenvalue weighted by molar-refractivity contribution is -0.130. The molecule has 126 valence electrons. The van der Waals surface area contributed by atoms with Gasteiger partial charge in [0.25, 0.3) is 0 Å². The van der Waals surface area contributed by atoms with Crippen molar-refractivity contribution >= 4 is 23.0 Å². The topological polar surface area (TPSA) is 55.8 Å². The number of hydrogen-bond donors (Lipinski definition) is 0. The fourth-order valence-corrected chi connectivity index (χ4v) is 3.25. The van der Waals surface area contributed by atoms with Crippen molar-refractivity contribution in [1.82, 2.24) is 4.90 Å². The molecule has 24 heavy (non-hydrogen) atoms. The number of thiophene rings is 1. The summed E-state index contributed by atoms with van der Waals surface area (Å²) in [5.74, 6) is 1.15. The van der Waals surface area contributed by atoms with Crippen molar-refractivity contribution in [3.63, 3.8) is 0 Å². The van der Waals surface area contributed by atoms with Gasteiger partial charge in [0.05, 0.1) is 6.54 Å². The van der Waals surface area contributed by atoms with Gasteiger partial charge in [0, 0.05) is 30.3 Å². The zero-order chi connectivity index (χ0) is 16.9. The first kappa shape index (κ1) is 16.5. The van der Waals surface area contributed by atoms with E-state index in [0.717, 1.165) is 4.88 Å². The molecule has 3 rings (SSSR count). The number of benzene rings is 1. The first-order valence-electron chi connectivity index (χ1n) is 7.82. The van der Waals surface area contributed by atoms with E-state index in [4.69, 9.17) is 9.47 Å². The van der Waals surface area contributed by atoms with E-state index >= 15 is 0 Å². The minimum atomic E-state index is -0.0650. The van der Waals surface area contributed by atoms with Gasteiger partial charge in [0.1, 0.15) is 13.2 Å². The van der Waals surface area contributed by atoms with E-state index in [1.54, 1.807) is 41.5 Å². The summed E-state index contributed by atoms with van der Waals surface area (Å²) in [4.78, 5) is 27.3. The van der Waals surface area contributed by atoms with E-state index < -0.39 is 0 Å². The molecule has 0 saturated carbocycles.